The Bertz CT molecular complexity index is 1450. The summed E-state index contributed by atoms with van der Waals surface area (Å²) < 4.78 is 50.2. The maximum Gasteiger partial charge on any atom is 0.243 e. The Morgan fingerprint density at radius 3 is 2.65 bits per heavy atom. The molecule has 0 N–H and O–H groups in total. The highest BCUT2D eigenvalue weighted by Crippen LogP contribution is 2.45. The summed E-state index contributed by atoms with van der Waals surface area (Å²) in [5.74, 6) is 0.427. The van der Waals surface area contributed by atoms with Crippen molar-refractivity contribution in [2.24, 2.45) is 5.41 Å². The number of rotatable bonds is 6. The molecule has 3 aromatic rings. The average Bonchev–Trinajstić information content (AvgIpc) is 3.58. The zero-order valence-electron chi connectivity index (χ0n) is 20.8. The molecule has 4 heterocycles. The molecule has 1 atom stereocenters. The Hall–Kier alpha value is -3.08. The number of methoxy groups -OCH3 is 1. The number of ether oxygens (including phenoxy) is 1. The van der Waals surface area contributed by atoms with Crippen molar-refractivity contribution in [1.29, 1.82) is 0 Å². The summed E-state index contributed by atoms with van der Waals surface area (Å²) in [5.41, 5.74) is 3.43. The predicted octanol–water partition coefficient (Wildman–Crippen LogP) is 3.67. The number of benzene rings is 1. The van der Waals surface area contributed by atoms with Gasteiger partial charge < -0.3 is 9.64 Å². The summed E-state index contributed by atoms with van der Waals surface area (Å²) >= 11 is 0. The van der Waals surface area contributed by atoms with Crippen molar-refractivity contribution in [1.82, 2.24) is 19.1 Å². The van der Waals surface area contributed by atoms with Gasteiger partial charge in [0.15, 0.2) is 0 Å². The third-order valence-electron chi connectivity index (χ3n) is 7.79. The van der Waals surface area contributed by atoms with Crippen LogP contribution in [-0.2, 0) is 21.2 Å². The molecule has 37 heavy (non-hydrogen) atoms. The normalized spacial score (nSPS) is 22.0. The Kier molecular flexibility index (Phi) is 6.13. The first kappa shape index (κ1) is 24.3. The number of anilines is 1. The first-order valence-corrected chi connectivity index (χ1v) is 14.1. The number of halogens is 1. The summed E-state index contributed by atoms with van der Waals surface area (Å²) in [6, 6.07) is 9.56. The van der Waals surface area contributed by atoms with Crippen molar-refractivity contribution in [3.63, 3.8) is 0 Å². The van der Waals surface area contributed by atoms with Crippen LogP contribution < -0.4 is 4.90 Å². The number of sulfonamides is 1. The van der Waals surface area contributed by atoms with Crippen LogP contribution in [0.4, 0.5) is 10.2 Å². The fourth-order valence-corrected chi connectivity index (χ4v) is 7.46. The molecule has 8 nitrogen and oxygen atoms in total. The molecule has 2 saturated heterocycles. The number of pyridine rings is 1. The van der Waals surface area contributed by atoms with Crippen molar-refractivity contribution in [2.45, 2.75) is 30.6 Å². The molecule has 0 saturated carbocycles. The number of hydrogen-bond donors (Lipinski definition) is 0. The van der Waals surface area contributed by atoms with E-state index < -0.39 is 15.4 Å². The largest absolute Gasteiger partial charge is 0.384 e. The van der Waals surface area contributed by atoms with Crippen molar-refractivity contribution in [2.75, 3.05) is 44.8 Å². The van der Waals surface area contributed by atoms with Gasteiger partial charge in [-0.05, 0) is 67.7 Å². The monoisotopic (exact) mass is 523 g/mol. The fraction of sp³-hybridized carbons (Fsp3) is 0.407. The van der Waals surface area contributed by atoms with E-state index in [1.165, 1.54) is 12.1 Å². The summed E-state index contributed by atoms with van der Waals surface area (Å²) in [6.07, 6.45) is 8.94. The van der Waals surface area contributed by atoms with Crippen LogP contribution in [0.3, 0.4) is 0 Å². The zero-order valence-corrected chi connectivity index (χ0v) is 21.6. The van der Waals surface area contributed by atoms with E-state index in [4.69, 9.17) is 4.74 Å². The SMILES string of the molecule is COC[C@]12Cc3cnn(-c4ccc(F)cc4)c3C=C1CCN(S(=O)(=O)c1ccnc(N3CCCC3)c1)C2. The molecule has 2 aliphatic heterocycles. The standard InChI is InChI=1S/C27H30FN5O3S/c1-36-19-27-16-20-17-30-33(23-6-4-22(28)5-7-23)25(20)14-21(27)9-13-32(18-27)37(34,35)24-8-10-29-26(15-24)31-11-2-3-12-31/h4-8,10,14-15,17H,2-3,9,11-13,16,18-19H2,1H3/t27-/m1/s1. The summed E-state index contributed by atoms with van der Waals surface area (Å²) in [4.78, 5) is 6.85. The van der Waals surface area contributed by atoms with E-state index >= 15 is 0 Å². The molecule has 194 valence electrons. The second-order valence-corrected chi connectivity index (χ2v) is 12.1. The van der Waals surface area contributed by atoms with Gasteiger partial charge in [-0.2, -0.15) is 9.40 Å². The second kappa shape index (κ2) is 9.34. The summed E-state index contributed by atoms with van der Waals surface area (Å²) in [5, 5.41) is 4.57. The van der Waals surface area contributed by atoms with Gasteiger partial charge in [0.2, 0.25) is 10.0 Å². The number of fused-ring (bicyclic) bond motifs is 2. The smallest absolute Gasteiger partial charge is 0.243 e. The van der Waals surface area contributed by atoms with Crippen LogP contribution in [0.1, 0.15) is 30.5 Å². The van der Waals surface area contributed by atoms with Crippen LogP contribution in [0.25, 0.3) is 11.8 Å². The van der Waals surface area contributed by atoms with Crippen LogP contribution in [0.2, 0.25) is 0 Å². The molecule has 2 fully saturated rings. The molecule has 1 aromatic carbocycles. The lowest BCUT2D eigenvalue weighted by molar-refractivity contribution is 0.0733. The van der Waals surface area contributed by atoms with Crippen molar-refractivity contribution >= 4 is 21.9 Å². The van der Waals surface area contributed by atoms with Gasteiger partial charge in [0.05, 0.1) is 29.1 Å². The number of hydrogen-bond acceptors (Lipinski definition) is 6. The van der Waals surface area contributed by atoms with Gasteiger partial charge in [0.25, 0.3) is 0 Å². The maximum absolute atomic E-state index is 13.8. The van der Waals surface area contributed by atoms with E-state index in [1.54, 1.807) is 41.9 Å². The zero-order chi connectivity index (χ0) is 25.6. The number of nitrogens with zero attached hydrogens (tertiary/aromatic N) is 5. The highest BCUT2D eigenvalue weighted by Gasteiger charge is 2.46. The van der Waals surface area contributed by atoms with Gasteiger partial charge in [0, 0.05) is 51.0 Å². The van der Waals surface area contributed by atoms with Gasteiger partial charge in [0.1, 0.15) is 11.6 Å². The highest BCUT2D eigenvalue weighted by atomic mass is 32.2. The van der Waals surface area contributed by atoms with Crippen molar-refractivity contribution in [3.8, 4) is 5.69 Å². The Morgan fingerprint density at radius 1 is 1.11 bits per heavy atom. The van der Waals surface area contributed by atoms with E-state index in [2.05, 4.69) is 21.1 Å². The minimum absolute atomic E-state index is 0.282. The van der Waals surface area contributed by atoms with Gasteiger partial charge in [-0.25, -0.2) is 22.5 Å². The minimum atomic E-state index is -3.71. The third-order valence-corrected chi connectivity index (χ3v) is 9.63. The molecule has 2 aromatic heterocycles. The topological polar surface area (TPSA) is 80.6 Å². The third kappa shape index (κ3) is 4.26. The Morgan fingerprint density at radius 2 is 1.89 bits per heavy atom. The molecule has 0 amide bonds. The Balaban J connectivity index is 1.31. The Labute approximate surface area is 216 Å². The first-order valence-electron chi connectivity index (χ1n) is 12.6. The van der Waals surface area contributed by atoms with Crippen LogP contribution in [0, 0.1) is 11.2 Å². The van der Waals surface area contributed by atoms with Gasteiger partial charge in [-0.15, -0.1) is 0 Å². The van der Waals surface area contributed by atoms with Crippen LogP contribution in [-0.4, -0.2) is 67.4 Å². The molecular formula is C27H30FN5O3S. The second-order valence-electron chi connectivity index (χ2n) is 10.1. The van der Waals surface area contributed by atoms with E-state index in [1.807, 2.05) is 10.9 Å². The van der Waals surface area contributed by atoms with E-state index in [0.29, 0.717) is 32.5 Å². The molecule has 0 bridgehead atoms. The molecule has 6 rings (SSSR count). The van der Waals surface area contributed by atoms with Gasteiger partial charge in [-0.3, -0.25) is 0 Å². The lowest BCUT2D eigenvalue weighted by Gasteiger charge is -2.45. The fourth-order valence-electron chi connectivity index (χ4n) is 5.92. The molecule has 0 radical (unpaired) electrons. The van der Waals surface area contributed by atoms with E-state index in [9.17, 15) is 12.8 Å². The minimum Gasteiger partial charge on any atom is -0.384 e. The molecular weight excluding hydrogens is 493 g/mol. The van der Waals surface area contributed by atoms with Crippen LogP contribution >= 0.6 is 0 Å². The number of aromatic nitrogens is 3. The molecule has 3 aliphatic rings. The maximum atomic E-state index is 13.8. The van der Waals surface area contributed by atoms with E-state index in [-0.39, 0.29) is 10.7 Å². The summed E-state index contributed by atoms with van der Waals surface area (Å²) in [6.45, 7) is 2.93. The van der Waals surface area contributed by atoms with Crippen molar-refractivity contribution < 1.29 is 17.5 Å². The van der Waals surface area contributed by atoms with Gasteiger partial charge >= 0.3 is 0 Å². The lowest BCUT2D eigenvalue weighted by Crippen LogP contribution is -2.51. The van der Waals surface area contributed by atoms with E-state index in [0.717, 1.165) is 54.3 Å². The molecule has 1 aliphatic carbocycles. The quantitative estimate of drug-likeness (QED) is 0.491. The summed E-state index contributed by atoms with van der Waals surface area (Å²) in [7, 11) is -2.06. The molecule has 10 heteroatoms. The molecule has 0 spiro atoms. The predicted molar refractivity (Wildman–Crippen MR) is 139 cm³/mol. The van der Waals surface area contributed by atoms with Crippen LogP contribution in [0.5, 0.6) is 0 Å². The van der Waals surface area contributed by atoms with Crippen molar-refractivity contribution in [3.05, 3.63) is 71.4 Å². The average molecular weight is 524 g/mol. The number of piperidine rings is 1. The molecule has 0 unspecified atom stereocenters. The van der Waals surface area contributed by atoms with Crippen LogP contribution in [0.15, 0.2) is 59.3 Å². The first-order chi connectivity index (χ1) is 17.9. The van der Waals surface area contributed by atoms with Gasteiger partial charge in [-0.1, -0.05) is 5.57 Å². The lowest BCUT2D eigenvalue weighted by atomic mass is 9.69. The highest BCUT2D eigenvalue weighted by molar-refractivity contribution is 7.89.